The zero-order valence-corrected chi connectivity index (χ0v) is 12.4. The van der Waals surface area contributed by atoms with Crippen LogP contribution in [-0.4, -0.2) is 31.5 Å². The number of carbonyl (C=O) groups excluding carboxylic acids is 1. The normalized spacial score (nSPS) is 10.3. The van der Waals surface area contributed by atoms with Crippen molar-refractivity contribution in [3.63, 3.8) is 0 Å². The van der Waals surface area contributed by atoms with E-state index in [0.717, 1.165) is 17.1 Å². The first-order chi connectivity index (χ1) is 9.58. The number of amides is 1. The second kappa shape index (κ2) is 6.38. The Morgan fingerprint density at radius 1 is 1.45 bits per heavy atom. The minimum Gasteiger partial charge on any atom is -0.397 e. The second-order valence-electron chi connectivity index (χ2n) is 4.60. The summed E-state index contributed by atoms with van der Waals surface area (Å²) in [5.74, 6) is -0.112. The number of nitrogen functional groups attached to an aromatic ring is 1. The molecule has 6 heteroatoms. The van der Waals surface area contributed by atoms with Crippen LogP contribution in [-0.2, 0) is 6.42 Å². The van der Waals surface area contributed by atoms with Crippen molar-refractivity contribution in [1.29, 1.82) is 0 Å². The molecule has 106 valence electrons. The number of rotatable bonds is 5. The van der Waals surface area contributed by atoms with Crippen LogP contribution < -0.4 is 16.0 Å². The van der Waals surface area contributed by atoms with Crippen molar-refractivity contribution in [1.82, 2.24) is 10.3 Å². The molecule has 0 radical (unpaired) electrons. The van der Waals surface area contributed by atoms with E-state index in [2.05, 4.69) is 10.3 Å². The molecule has 20 heavy (non-hydrogen) atoms. The summed E-state index contributed by atoms with van der Waals surface area (Å²) in [7, 11) is 3.83. The Balaban J connectivity index is 1.94. The molecule has 1 heterocycles. The molecule has 1 amide bonds. The van der Waals surface area contributed by atoms with E-state index in [-0.39, 0.29) is 5.91 Å². The Morgan fingerprint density at radius 3 is 2.85 bits per heavy atom. The van der Waals surface area contributed by atoms with Crippen molar-refractivity contribution in [3.8, 4) is 0 Å². The molecule has 0 aliphatic rings. The van der Waals surface area contributed by atoms with Crippen LogP contribution in [0.1, 0.15) is 15.4 Å². The lowest BCUT2D eigenvalue weighted by atomic mass is 10.1. The molecule has 0 aliphatic carbocycles. The van der Waals surface area contributed by atoms with Crippen molar-refractivity contribution in [2.45, 2.75) is 6.42 Å². The summed E-state index contributed by atoms with van der Waals surface area (Å²) < 4.78 is 0. The number of aromatic nitrogens is 1. The van der Waals surface area contributed by atoms with E-state index in [1.165, 1.54) is 0 Å². The molecule has 5 nitrogen and oxygen atoms in total. The number of benzene rings is 1. The lowest BCUT2D eigenvalue weighted by Crippen LogP contribution is -2.26. The minimum atomic E-state index is -0.112. The number of nitrogens with zero attached hydrogens (tertiary/aromatic N) is 2. The van der Waals surface area contributed by atoms with Gasteiger partial charge in [0.15, 0.2) is 0 Å². The summed E-state index contributed by atoms with van der Waals surface area (Å²) in [6.07, 6.45) is 2.51. The molecular weight excluding hydrogens is 272 g/mol. The topological polar surface area (TPSA) is 71.2 Å². The van der Waals surface area contributed by atoms with Gasteiger partial charge in [-0.25, -0.2) is 4.98 Å². The van der Waals surface area contributed by atoms with Crippen molar-refractivity contribution >= 4 is 28.6 Å². The van der Waals surface area contributed by atoms with Gasteiger partial charge in [-0.3, -0.25) is 4.79 Å². The van der Waals surface area contributed by atoms with Crippen molar-refractivity contribution in [2.24, 2.45) is 0 Å². The Hall–Kier alpha value is -2.08. The van der Waals surface area contributed by atoms with Gasteiger partial charge in [-0.05, 0) is 18.2 Å². The molecule has 0 spiro atoms. The standard InChI is InChI=1S/C14H18N4OS/c1-18(2)12-4-3-10(9-11(12)15)14(19)17-6-5-13-16-7-8-20-13/h3-4,7-9H,5-6,15H2,1-2H3,(H,17,19). The van der Waals surface area contributed by atoms with Crippen LogP contribution in [0.3, 0.4) is 0 Å². The van der Waals surface area contributed by atoms with Gasteiger partial charge < -0.3 is 16.0 Å². The maximum atomic E-state index is 12.0. The summed E-state index contributed by atoms with van der Waals surface area (Å²) in [6, 6.07) is 5.34. The molecular formula is C14H18N4OS. The highest BCUT2D eigenvalue weighted by Crippen LogP contribution is 2.22. The summed E-state index contributed by atoms with van der Waals surface area (Å²) in [5.41, 5.74) is 8.02. The van der Waals surface area contributed by atoms with Crippen LogP contribution in [0.15, 0.2) is 29.8 Å². The van der Waals surface area contributed by atoms with Gasteiger partial charge in [0.25, 0.3) is 5.91 Å². The predicted molar refractivity (Wildman–Crippen MR) is 83.3 cm³/mol. The van der Waals surface area contributed by atoms with Gasteiger partial charge >= 0.3 is 0 Å². The maximum absolute atomic E-state index is 12.0. The average molecular weight is 290 g/mol. The van der Waals surface area contributed by atoms with E-state index < -0.39 is 0 Å². The van der Waals surface area contributed by atoms with Crippen LogP contribution in [0.2, 0.25) is 0 Å². The fourth-order valence-electron chi connectivity index (χ4n) is 1.86. The van der Waals surface area contributed by atoms with Gasteiger partial charge in [0, 0.05) is 44.2 Å². The summed E-state index contributed by atoms with van der Waals surface area (Å²) in [5, 5.41) is 5.82. The zero-order valence-electron chi connectivity index (χ0n) is 11.6. The molecule has 2 aromatic rings. The minimum absolute atomic E-state index is 0.112. The van der Waals surface area contributed by atoms with Gasteiger partial charge in [0.1, 0.15) is 0 Å². The van der Waals surface area contributed by atoms with E-state index >= 15 is 0 Å². The molecule has 0 saturated heterocycles. The van der Waals surface area contributed by atoms with Gasteiger partial charge in [0.2, 0.25) is 0 Å². The number of anilines is 2. The average Bonchev–Trinajstić information content (AvgIpc) is 2.91. The van der Waals surface area contributed by atoms with Crippen LogP contribution in [0.25, 0.3) is 0 Å². The molecule has 2 rings (SSSR count). The summed E-state index contributed by atoms with van der Waals surface area (Å²) >= 11 is 1.59. The maximum Gasteiger partial charge on any atom is 0.251 e. The summed E-state index contributed by atoms with van der Waals surface area (Å²) in [6.45, 7) is 0.571. The molecule has 0 fully saturated rings. The van der Waals surface area contributed by atoms with E-state index in [1.807, 2.05) is 30.4 Å². The largest absolute Gasteiger partial charge is 0.397 e. The quantitative estimate of drug-likeness (QED) is 0.823. The second-order valence-corrected chi connectivity index (χ2v) is 5.58. The van der Waals surface area contributed by atoms with E-state index in [0.29, 0.717) is 17.8 Å². The van der Waals surface area contributed by atoms with Crippen molar-refractivity contribution in [2.75, 3.05) is 31.3 Å². The van der Waals surface area contributed by atoms with E-state index in [9.17, 15) is 4.79 Å². The van der Waals surface area contributed by atoms with Crippen LogP contribution in [0.5, 0.6) is 0 Å². The molecule has 0 saturated carbocycles. The van der Waals surface area contributed by atoms with Crippen molar-refractivity contribution in [3.05, 3.63) is 40.3 Å². The number of carbonyl (C=O) groups is 1. The summed E-state index contributed by atoms with van der Waals surface area (Å²) in [4.78, 5) is 18.1. The number of hydrogen-bond acceptors (Lipinski definition) is 5. The molecule has 0 aliphatic heterocycles. The lowest BCUT2D eigenvalue weighted by Gasteiger charge is -2.15. The highest BCUT2D eigenvalue weighted by Gasteiger charge is 2.09. The van der Waals surface area contributed by atoms with Gasteiger partial charge in [-0.1, -0.05) is 0 Å². The number of hydrogen-bond donors (Lipinski definition) is 2. The fraction of sp³-hybridized carbons (Fsp3) is 0.286. The molecule has 3 N–H and O–H groups in total. The third-order valence-corrected chi connectivity index (χ3v) is 3.72. The van der Waals surface area contributed by atoms with Gasteiger partial charge in [0.05, 0.1) is 16.4 Å². The SMILES string of the molecule is CN(C)c1ccc(C(=O)NCCc2nccs2)cc1N. The molecule has 1 aromatic carbocycles. The monoisotopic (exact) mass is 290 g/mol. The van der Waals surface area contributed by atoms with Crippen LogP contribution in [0.4, 0.5) is 11.4 Å². The Bertz CT molecular complexity index is 581. The smallest absolute Gasteiger partial charge is 0.251 e. The first kappa shape index (κ1) is 14.3. The Labute approximate surface area is 122 Å². The Morgan fingerprint density at radius 2 is 2.25 bits per heavy atom. The predicted octanol–water partition coefficient (Wildman–Crippen LogP) is 1.76. The number of nitrogens with one attached hydrogen (secondary N) is 1. The van der Waals surface area contributed by atoms with Crippen LogP contribution >= 0.6 is 11.3 Å². The molecule has 0 atom stereocenters. The fourth-order valence-corrected chi connectivity index (χ4v) is 2.48. The lowest BCUT2D eigenvalue weighted by molar-refractivity contribution is 0.0954. The highest BCUT2D eigenvalue weighted by molar-refractivity contribution is 7.09. The zero-order chi connectivity index (χ0) is 14.5. The Kier molecular flexibility index (Phi) is 4.57. The van der Waals surface area contributed by atoms with E-state index in [1.54, 1.807) is 29.7 Å². The van der Waals surface area contributed by atoms with Crippen LogP contribution in [0, 0.1) is 0 Å². The number of nitrogens with two attached hydrogens (primary N) is 1. The molecule has 1 aromatic heterocycles. The first-order valence-corrected chi connectivity index (χ1v) is 7.19. The first-order valence-electron chi connectivity index (χ1n) is 6.31. The van der Waals surface area contributed by atoms with E-state index in [4.69, 9.17) is 5.73 Å². The third kappa shape index (κ3) is 3.48. The molecule has 0 bridgehead atoms. The highest BCUT2D eigenvalue weighted by atomic mass is 32.1. The number of thiazole rings is 1. The third-order valence-electron chi connectivity index (χ3n) is 2.88. The molecule has 0 unspecified atom stereocenters. The van der Waals surface area contributed by atoms with Gasteiger partial charge in [-0.2, -0.15) is 0 Å². The van der Waals surface area contributed by atoms with Crippen molar-refractivity contribution < 1.29 is 4.79 Å². The van der Waals surface area contributed by atoms with Gasteiger partial charge in [-0.15, -0.1) is 11.3 Å².